The zero-order valence-corrected chi connectivity index (χ0v) is 27.1. The van der Waals surface area contributed by atoms with E-state index in [4.69, 9.17) is 18.9 Å². The molecular formula is C35H33FN2O8S. The highest BCUT2D eigenvalue weighted by Crippen LogP contribution is 2.36. The summed E-state index contributed by atoms with van der Waals surface area (Å²) in [6.45, 7) is 5.62. The van der Waals surface area contributed by atoms with Gasteiger partial charge in [0.25, 0.3) is 5.56 Å². The summed E-state index contributed by atoms with van der Waals surface area (Å²) in [5, 5.41) is 0. The molecule has 1 aliphatic heterocycles. The largest absolute Gasteiger partial charge is 0.490 e. The number of carbonyl (C=O) groups is 2. The van der Waals surface area contributed by atoms with Crippen LogP contribution >= 0.6 is 11.3 Å². The van der Waals surface area contributed by atoms with Gasteiger partial charge in [0.05, 0.1) is 42.2 Å². The molecule has 12 heteroatoms. The summed E-state index contributed by atoms with van der Waals surface area (Å²) in [6, 6.07) is 17.5. The summed E-state index contributed by atoms with van der Waals surface area (Å²) >= 11 is 1.20. The molecule has 0 spiro atoms. The zero-order chi connectivity index (χ0) is 33.5. The van der Waals surface area contributed by atoms with Gasteiger partial charge in [-0.25, -0.2) is 19.0 Å². The number of thiazole rings is 1. The van der Waals surface area contributed by atoms with E-state index < -0.39 is 18.0 Å². The average Bonchev–Trinajstić information content (AvgIpc) is 3.37. The molecule has 10 nitrogen and oxygen atoms in total. The fourth-order valence-corrected chi connectivity index (χ4v) is 5.99. The summed E-state index contributed by atoms with van der Waals surface area (Å²) in [5.41, 5.74) is 2.46. The van der Waals surface area contributed by atoms with Crippen molar-refractivity contribution in [2.75, 3.05) is 26.9 Å². The lowest BCUT2D eigenvalue weighted by Gasteiger charge is -2.25. The zero-order valence-electron chi connectivity index (χ0n) is 26.3. The van der Waals surface area contributed by atoms with Crippen LogP contribution in [0.3, 0.4) is 0 Å². The first-order valence-corrected chi connectivity index (χ1v) is 15.7. The molecule has 5 rings (SSSR count). The molecule has 4 aromatic rings. The third-order valence-electron chi connectivity index (χ3n) is 7.17. The standard InChI is InChI=1S/C35H33FN2O8S/c1-5-43-28-18-24(11-16-27(28)46-20-30(39)42-4)32-31(34(41)44-6-2)21(3)37-35-38(32)33(40)29(47-35)17-22-9-14-26(15-10-22)45-19-23-7-12-25(36)13-8-23/h7-18,32H,5-6,19-20H2,1-4H3/b29-17-/t32-/m0/s1. The number of hydrogen-bond acceptors (Lipinski definition) is 10. The Hall–Kier alpha value is -5.23. The Morgan fingerprint density at radius 2 is 1.70 bits per heavy atom. The number of ether oxygens (including phenoxy) is 5. The summed E-state index contributed by atoms with van der Waals surface area (Å²) in [4.78, 5) is 44.0. The second-order valence-electron chi connectivity index (χ2n) is 10.3. The highest BCUT2D eigenvalue weighted by atomic mass is 32.1. The van der Waals surface area contributed by atoms with E-state index in [1.165, 1.54) is 35.1 Å². The Labute approximate surface area is 274 Å². The fraction of sp³-hybridized carbons (Fsp3) is 0.257. The highest BCUT2D eigenvalue weighted by molar-refractivity contribution is 7.07. The first-order valence-electron chi connectivity index (χ1n) is 14.9. The molecule has 1 aliphatic rings. The molecule has 1 atom stereocenters. The van der Waals surface area contributed by atoms with Crippen molar-refractivity contribution in [2.45, 2.75) is 33.4 Å². The first-order chi connectivity index (χ1) is 22.7. The van der Waals surface area contributed by atoms with Crippen molar-refractivity contribution in [2.24, 2.45) is 4.99 Å². The molecule has 0 amide bonds. The minimum atomic E-state index is -0.872. The van der Waals surface area contributed by atoms with Gasteiger partial charge in [0, 0.05) is 0 Å². The topological polar surface area (TPSA) is 115 Å². The average molecular weight is 661 g/mol. The quantitative estimate of drug-likeness (QED) is 0.205. The van der Waals surface area contributed by atoms with E-state index in [1.807, 2.05) is 12.1 Å². The van der Waals surface area contributed by atoms with E-state index >= 15 is 0 Å². The lowest BCUT2D eigenvalue weighted by atomic mass is 9.95. The Balaban J connectivity index is 1.51. The number of benzene rings is 3. The Morgan fingerprint density at radius 3 is 2.38 bits per heavy atom. The van der Waals surface area contributed by atoms with Crippen molar-refractivity contribution in [3.8, 4) is 17.2 Å². The van der Waals surface area contributed by atoms with Crippen molar-refractivity contribution in [1.82, 2.24) is 4.57 Å². The molecule has 0 N–H and O–H groups in total. The molecule has 244 valence electrons. The highest BCUT2D eigenvalue weighted by Gasteiger charge is 2.34. The minimum Gasteiger partial charge on any atom is -0.490 e. The number of rotatable bonds is 12. The Bertz CT molecular complexity index is 1980. The van der Waals surface area contributed by atoms with E-state index in [2.05, 4.69) is 9.73 Å². The fourth-order valence-electron chi connectivity index (χ4n) is 4.94. The molecular weight excluding hydrogens is 627 g/mol. The van der Waals surface area contributed by atoms with E-state index in [9.17, 15) is 18.8 Å². The molecule has 0 fully saturated rings. The summed E-state index contributed by atoms with van der Waals surface area (Å²) < 4.78 is 42.4. The van der Waals surface area contributed by atoms with Crippen LogP contribution in [0.2, 0.25) is 0 Å². The monoisotopic (exact) mass is 660 g/mol. The van der Waals surface area contributed by atoms with Crippen LogP contribution in [0.4, 0.5) is 4.39 Å². The molecule has 0 radical (unpaired) electrons. The van der Waals surface area contributed by atoms with Gasteiger partial charge >= 0.3 is 11.9 Å². The van der Waals surface area contributed by atoms with Crippen LogP contribution in [0.15, 0.2) is 87.8 Å². The number of nitrogens with zero attached hydrogens (tertiary/aromatic N) is 2. The SMILES string of the molecule is CCOC(=O)C1=C(C)N=c2s/c(=C\c3ccc(OCc4ccc(F)cc4)cc3)c(=O)n2[C@H]1c1ccc(OCC(=O)OC)c(OCC)c1. The molecule has 0 saturated heterocycles. The van der Waals surface area contributed by atoms with Crippen LogP contribution in [0.5, 0.6) is 17.2 Å². The van der Waals surface area contributed by atoms with Gasteiger partial charge in [-0.15, -0.1) is 0 Å². The molecule has 1 aromatic heterocycles. The second-order valence-corrected chi connectivity index (χ2v) is 11.3. The maximum absolute atomic E-state index is 14.0. The number of fused-ring (bicyclic) bond motifs is 1. The lowest BCUT2D eigenvalue weighted by Crippen LogP contribution is -2.40. The predicted octanol–water partition coefficient (Wildman–Crippen LogP) is 4.47. The lowest BCUT2D eigenvalue weighted by molar-refractivity contribution is -0.143. The van der Waals surface area contributed by atoms with Crippen LogP contribution in [-0.4, -0.2) is 43.4 Å². The van der Waals surface area contributed by atoms with E-state index in [-0.39, 0.29) is 36.8 Å². The molecule has 0 unspecified atom stereocenters. The van der Waals surface area contributed by atoms with Crippen LogP contribution in [-0.2, 0) is 25.7 Å². The van der Waals surface area contributed by atoms with Gasteiger partial charge in [0.15, 0.2) is 22.9 Å². The smallest absolute Gasteiger partial charge is 0.343 e. The van der Waals surface area contributed by atoms with Gasteiger partial charge < -0.3 is 23.7 Å². The third kappa shape index (κ3) is 7.60. The second kappa shape index (κ2) is 14.9. The van der Waals surface area contributed by atoms with Crippen molar-refractivity contribution < 1.29 is 37.7 Å². The molecule has 2 heterocycles. The number of methoxy groups -OCH3 is 1. The van der Waals surface area contributed by atoms with Crippen molar-refractivity contribution in [3.63, 3.8) is 0 Å². The van der Waals surface area contributed by atoms with E-state index in [0.717, 1.165) is 11.1 Å². The van der Waals surface area contributed by atoms with Gasteiger partial charge in [0.1, 0.15) is 18.2 Å². The van der Waals surface area contributed by atoms with Crippen LogP contribution in [0.25, 0.3) is 6.08 Å². The van der Waals surface area contributed by atoms with Crippen molar-refractivity contribution in [1.29, 1.82) is 0 Å². The number of hydrogen-bond donors (Lipinski definition) is 0. The number of allylic oxidation sites excluding steroid dienone is 1. The maximum Gasteiger partial charge on any atom is 0.343 e. The van der Waals surface area contributed by atoms with E-state index in [0.29, 0.717) is 44.4 Å². The molecule has 0 bridgehead atoms. The normalized spacial score (nSPS) is 14.2. The maximum atomic E-state index is 14.0. The van der Waals surface area contributed by atoms with Gasteiger partial charge in [-0.1, -0.05) is 41.7 Å². The molecule has 47 heavy (non-hydrogen) atoms. The van der Waals surface area contributed by atoms with Crippen LogP contribution in [0.1, 0.15) is 43.5 Å². The molecule has 0 aliphatic carbocycles. The van der Waals surface area contributed by atoms with Crippen LogP contribution in [0, 0.1) is 5.82 Å². The molecule has 0 saturated carbocycles. The van der Waals surface area contributed by atoms with Crippen molar-refractivity contribution in [3.05, 3.63) is 120 Å². The number of esters is 2. The Morgan fingerprint density at radius 1 is 0.957 bits per heavy atom. The summed E-state index contributed by atoms with van der Waals surface area (Å²) in [5.74, 6) is -0.205. The summed E-state index contributed by atoms with van der Waals surface area (Å²) in [7, 11) is 1.27. The number of halogens is 1. The number of carbonyl (C=O) groups excluding carboxylic acids is 2. The minimum absolute atomic E-state index is 0.140. The van der Waals surface area contributed by atoms with E-state index in [1.54, 1.807) is 69.3 Å². The summed E-state index contributed by atoms with van der Waals surface area (Å²) in [6.07, 6.45) is 1.75. The third-order valence-corrected chi connectivity index (χ3v) is 8.15. The van der Waals surface area contributed by atoms with Gasteiger partial charge in [-0.3, -0.25) is 9.36 Å². The van der Waals surface area contributed by atoms with Gasteiger partial charge in [0.2, 0.25) is 0 Å². The molecule has 3 aromatic carbocycles. The van der Waals surface area contributed by atoms with Crippen molar-refractivity contribution >= 4 is 29.4 Å². The van der Waals surface area contributed by atoms with Gasteiger partial charge in [-0.2, -0.15) is 0 Å². The van der Waals surface area contributed by atoms with Crippen LogP contribution < -0.4 is 29.1 Å². The predicted molar refractivity (Wildman–Crippen MR) is 173 cm³/mol. The first kappa shape index (κ1) is 33.1. The Kier molecular flexibility index (Phi) is 10.5. The number of aromatic nitrogens is 1. The van der Waals surface area contributed by atoms with Gasteiger partial charge in [-0.05, 0) is 79.9 Å².